The first kappa shape index (κ1) is 18.6. The van der Waals surface area contributed by atoms with Crippen molar-refractivity contribution in [2.75, 3.05) is 11.9 Å². The third-order valence-electron chi connectivity index (χ3n) is 3.43. The van der Waals surface area contributed by atoms with E-state index in [0.29, 0.717) is 21.9 Å². The van der Waals surface area contributed by atoms with Crippen molar-refractivity contribution in [3.05, 3.63) is 58.3 Å². The van der Waals surface area contributed by atoms with E-state index >= 15 is 0 Å². The number of amides is 2. The number of fused-ring (bicyclic) bond motifs is 1. The molecule has 0 saturated heterocycles. The second kappa shape index (κ2) is 8.02. The van der Waals surface area contributed by atoms with Crippen molar-refractivity contribution in [2.45, 2.75) is 0 Å². The van der Waals surface area contributed by atoms with Crippen molar-refractivity contribution in [2.24, 2.45) is 5.73 Å². The molecule has 0 aliphatic carbocycles. The Hall–Kier alpha value is -3.17. The van der Waals surface area contributed by atoms with E-state index in [-0.39, 0.29) is 5.15 Å². The first-order valence-corrected chi connectivity index (χ1v) is 8.85. The van der Waals surface area contributed by atoms with Crippen LogP contribution in [0.15, 0.2) is 41.9 Å². The number of rotatable bonds is 6. The van der Waals surface area contributed by atoms with E-state index < -0.39 is 24.4 Å². The molecular weight excluding hydrogens is 392 g/mol. The highest BCUT2D eigenvalue weighted by atomic mass is 35.5. The van der Waals surface area contributed by atoms with Gasteiger partial charge in [-0.25, -0.2) is 9.78 Å². The Morgan fingerprint density at radius 2 is 2.04 bits per heavy atom. The number of carbonyl (C=O) groups is 3. The number of esters is 1. The maximum Gasteiger partial charge on any atom is 0.331 e. The third kappa shape index (κ3) is 4.52. The van der Waals surface area contributed by atoms with Crippen molar-refractivity contribution in [3.63, 3.8) is 0 Å². The number of nitrogens with one attached hydrogen (secondary N) is 1. The second-order valence-corrected chi connectivity index (χ2v) is 6.51. The van der Waals surface area contributed by atoms with E-state index in [1.165, 1.54) is 47.8 Å². The number of thiazole rings is 1. The van der Waals surface area contributed by atoms with Crippen LogP contribution >= 0.6 is 22.9 Å². The molecule has 0 aliphatic rings. The molecule has 138 valence electrons. The number of nitrogens with two attached hydrogens (primary N) is 1. The summed E-state index contributed by atoms with van der Waals surface area (Å²) in [6.45, 7) is -0.464. The van der Waals surface area contributed by atoms with Crippen molar-refractivity contribution in [1.29, 1.82) is 0 Å². The highest BCUT2D eigenvalue weighted by molar-refractivity contribution is 7.15. The summed E-state index contributed by atoms with van der Waals surface area (Å²) in [6.07, 6.45) is 4.42. The van der Waals surface area contributed by atoms with Gasteiger partial charge in [-0.1, -0.05) is 11.6 Å². The lowest BCUT2D eigenvalue weighted by molar-refractivity contribution is -0.142. The number of primary amides is 1. The average molecular weight is 405 g/mol. The fourth-order valence-corrected chi connectivity index (χ4v) is 3.18. The quantitative estimate of drug-likeness (QED) is 0.483. The predicted molar refractivity (Wildman–Crippen MR) is 102 cm³/mol. The summed E-state index contributed by atoms with van der Waals surface area (Å²) >= 11 is 7.43. The Kier molecular flexibility index (Phi) is 5.53. The summed E-state index contributed by atoms with van der Waals surface area (Å²) in [6, 6.07) is 6.00. The van der Waals surface area contributed by atoms with Gasteiger partial charge in [0.25, 0.3) is 5.91 Å². The highest BCUT2D eigenvalue weighted by Crippen LogP contribution is 2.22. The molecule has 2 aromatic heterocycles. The minimum atomic E-state index is -0.699. The summed E-state index contributed by atoms with van der Waals surface area (Å²) in [5, 5.41) is 4.65. The molecule has 0 atom stereocenters. The zero-order valence-corrected chi connectivity index (χ0v) is 15.3. The number of anilines is 1. The number of benzene rings is 1. The first-order chi connectivity index (χ1) is 12.9. The molecular formula is C17H13ClN4O4S. The van der Waals surface area contributed by atoms with Crippen LogP contribution in [0, 0.1) is 0 Å². The van der Waals surface area contributed by atoms with Gasteiger partial charge < -0.3 is 15.8 Å². The molecule has 0 aliphatic heterocycles. The zero-order chi connectivity index (χ0) is 19.4. The van der Waals surface area contributed by atoms with Gasteiger partial charge in [-0.15, -0.1) is 11.3 Å². The van der Waals surface area contributed by atoms with Crippen LogP contribution in [0.3, 0.4) is 0 Å². The topological polar surface area (TPSA) is 116 Å². The van der Waals surface area contributed by atoms with Gasteiger partial charge in [-0.3, -0.25) is 14.0 Å². The van der Waals surface area contributed by atoms with Crippen LogP contribution in [-0.2, 0) is 14.3 Å². The predicted octanol–water partition coefficient (Wildman–Crippen LogP) is 2.34. The molecule has 2 heterocycles. The standard InChI is InChI=1S/C17H13ClN4O4S/c18-15-12(22-7-8-27-17(22)21-15)5-6-14(24)26-9-13(23)20-11-3-1-10(2-4-11)16(19)25/h1-8H,9H2,(H2,19,25)(H,20,23)/b6-5+. The molecule has 1 aromatic carbocycles. The van der Waals surface area contributed by atoms with E-state index in [4.69, 9.17) is 22.1 Å². The smallest absolute Gasteiger partial charge is 0.331 e. The minimum absolute atomic E-state index is 0.267. The fraction of sp³-hybridized carbons (Fsp3) is 0.0588. The molecule has 0 unspecified atom stereocenters. The van der Waals surface area contributed by atoms with E-state index in [1.54, 1.807) is 10.6 Å². The molecule has 3 aromatic rings. The van der Waals surface area contributed by atoms with Gasteiger partial charge in [-0.2, -0.15) is 0 Å². The van der Waals surface area contributed by atoms with Crippen molar-refractivity contribution < 1.29 is 19.1 Å². The SMILES string of the molecule is NC(=O)c1ccc(NC(=O)COC(=O)/C=C/c2c(Cl)nc3sccn23)cc1. The van der Waals surface area contributed by atoms with Crippen LogP contribution in [0.1, 0.15) is 16.1 Å². The van der Waals surface area contributed by atoms with Crippen LogP contribution in [0.2, 0.25) is 5.15 Å². The molecule has 8 nitrogen and oxygen atoms in total. The Bertz CT molecular complexity index is 1040. The van der Waals surface area contributed by atoms with E-state index in [9.17, 15) is 14.4 Å². The highest BCUT2D eigenvalue weighted by Gasteiger charge is 2.10. The largest absolute Gasteiger partial charge is 0.452 e. The molecule has 0 saturated carbocycles. The number of ether oxygens (including phenoxy) is 1. The lowest BCUT2D eigenvalue weighted by atomic mass is 10.2. The average Bonchev–Trinajstić information content (AvgIpc) is 3.19. The summed E-state index contributed by atoms with van der Waals surface area (Å²) < 4.78 is 6.62. The third-order valence-corrected chi connectivity index (χ3v) is 4.46. The monoisotopic (exact) mass is 404 g/mol. The summed E-state index contributed by atoms with van der Waals surface area (Å²) in [5.74, 6) is -1.78. The van der Waals surface area contributed by atoms with Crippen LogP contribution < -0.4 is 11.1 Å². The van der Waals surface area contributed by atoms with Crippen molar-refractivity contribution in [1.82, 2.24) is 9.38 Å². The van der Waals surface area contributed by atoms with Crippen LogP contribution in [-0.4, -0.2) is 33.8 Å². The van der Waals surface area contributed by atoms with E-state index in [0.717, 1.165) is 0 Å². The maximum atomic E-state index is 11.8. The van der Waals surface area contributed by atoms with Crippen molar-refractivity contribution >= 4 is 57.4 Å². The first-order valence-electron chi connectivity index (χ1n) is 7.59. The van der Waals surface area contributed by atoms with Crippen LogP contribution in [0.25, 0.3) is 11.0 Å². The number of hydrogen-bond acceptors (Lipinski definition) is 6. The molecule has 10 heteroatoms. The number of aromatic nitrogens is 2. The Balaban J connectivity index is 1.52. The lowest BCUT2D eigenvalue weighted by Gasteiger charge is -2.05. The van der Waals surface area contributed by atoms with Crippen LogP contribution in [0.4, 0.5) is 5.69 Å². The summed E-state index contributed by atoms with van der Waals surface area (Å²) in [4.78, 5) is 39.5. The Morgan fingerprint density at radius 3 is 2.74 bits per heavy atom. The molecule has 0 radical (unpaired) electrons. The van der Waals surface area contributed by atoms with Crippen molar-refractivity contribution in [3.8, 4) is 0 Å². The zero-order valence-electron chi connectivity index (χ0n) is 13.7. The van der Waals surface area contributed by atoms with Gasteiger partial charge in [-0.05, 0) is 30.3 Å². The summed E-state index contributed by atoms with van der Waals surface area (Å²) in [7, 11) is 0. The molecule has 0 bridgehead atoms. The number of nitrogens with zero attached hydrogens (tertiary/aromatic N) is 2. The van der Waals surface area contributed by atoms with Gasteiger partial charge >= 0.3 is 5.97 Å². The lowest BCUT2D eigenvalue weighted by Crippen LogP contribution is -2.20. The Labute approximate surface area is 162 Å². The van der Waals surface area contributed by atoms with Gasteiger partial charge in [0, 0.05) is 28.9 Å². The summed E-state index contributed by atoms with van der Waals surface area (Å²) in [5.41, 5.74) is 6.45. The molecule has 0 spiro atoms. The van der Waals surface area contributed by atoms with E-state index in [2.05, 4.69) is 10.3 Å². The normalized spacial score (nSPS) is 11.0. The number of imidazole rings is 1. The molecule has 0 fully saturated rings. The van der Waals surface area contributed by atoms with Gasteiger partial charge in [0.1, 0.15) is 0 Å². The molecule has 27 heavy (non-hydrogen) atoms. The fourth-order valence-electron chi connectivity index (χ4n) is 2.17. The number of carbonyl (C=O) groups excluding carboxylic acids is 3. The minimum Gasteiger partial charge on any atom is -0.452 e. The molecule has 3 rings (SSSR count). The van der Waals surface area contributed by atoms with Gasteiger partial charge in [0.05, 0.1) is 5.69 Å². The Morgan fingerprint density at radius 1 is 1.30 bits per heavy atom. The van der Waals surface area contributed by atoms with Crippen LogP contribution in [0.5, 0.6) is 0 Å². The van der Waals surface area contributed by atoms with Gasteiger partial charge in [0.15, 0.2) is 16.7 Å². The number of halogens is 1. The maximum absolute atomic E-state index is 11.8. The van der Waals surface area contributed by atoms with Gasteiger partial charge in [0.2, 0.25) is 5.91 Å². The molecule has 3 N–H and O–H groups in total. The second-order valence-electron chi connectivity index (χ2n) is 5.27. The number of hydrogen-bond donors (Lipinski definition) is 2. The van der Waals surface area contributed by atoms with E-state index in [1.807, 2.05) is 5.38 Å². The molecule has 2 amide bonds.